The number of hydrogen-bond donors (Lipinski definition) is 2. The first-order valence-corrected chi connectivity index (χ1v) is 6.77. The summed E-state index contributed by atoms with van der Waals surface area (Å²) in [5, 5.41) is 9.52. The molecule has 1 aliphatic rings. The van der Waals surface area contributed by atoms with Crippen LogP contribution in [0.15, 0.2) is 18.2 Å². The molecule has 0 aliphatic carbocycles. The fourth-order valence-electron chi connectivity index (χ4n) is 2.55. The number of carboxylic acids is 1. The zero-order valence-corrected chi connectivity index (χ0v) is 12.1. The van der Waals surface area contributed by atoms with E-state index in [4.69, 9.17) is 15.2 Å². The van der Waals surface area contributed by atoms with Gasteiger partial charge < -0.3 is 20.3 Å². The maximum Gasteiger partial charge on any atom is 0.328 e. The molecular formula is C15H21NO4. The number of carbonyl (C=O) groups is 1. The van der Waals surface area contributed by atoms with Gasteiger partial charge in [0, 0.05) is 12.0 Å². The maximum absolute atomic E-state index is 11.6. The number of nitrogens with two attached hydrogens (primary N) is 1. The van der Waals surface area contributed by atoms with Crippen LogP contribution in [0.4, 0.5) is 0 Å². The molecule has 0 amide bonds. The standard InChI is InChI=1S/C15H21NO4/c1-4-7-19-10-5-6-12-11(8-10)15(16,13(17)18)9-14(2,3)20-12/h5-6,8H,4,7,9,16H2,1-3H3,(H,17,18). The molecule has 20 heavy (non-hydrogen) atoms. The zero-order chi connectivity index (χ0) is 15.0. The Morgan fingerprint density at radius 2 is 2.20 bits per heavy atom. The van der Waals surface area contributed by atoms with Gasteiger partial charge in [-0.2, -0.15) is 0 Å². The van der Waals surface area contributed by atoms with Crippen molar-refractivity contribution in [3.63, 3.8) is 0 Å². The molecule has 0 saturated heterocycles. The highest BCUT2D eigenvalue weighted by molar-refractivity contribution is 5.82. The highest BCUT2D eigenvalue weighted by Gasteiger charge is 2.48. The molecule has 5 heteroatoms. The van der Waals surface area contributed by atoms with Crippen LogP contribution in [0.1, 0.15) is 39.2 Å². The van der Waals surface area contributed by atoms with E-state index in [1.165, 1.54) is 0 Å². The van der Waals surface area contributed by atoms with E-state index in [1.807, 2.05) is 20.8 Å². The van der Waals surface area contributed by atoms with Crippen LogP contribution < -0.4 is 15.2 Å². The Kier molecular flexibility index (Phi) is 3.65. The Balaban J connectivity index is 2.47. The van der Waals surface area contributed by atoms with Crippen molar-refractivity contribution in [1.82, 2.24) is 0 Å². The van der Waals surface area contributed by atoms with Crippen molar-refractivity contribution in [2.75, 3.05) is 6.61 Å². The van der Waals surface area contributed by atoms with Crippen molar-refractivity contribution in [2.24, 2.45) is 5.73 Å². The van der Waals surface area contributed by atoms with Crippen LogP contribution >= 0.6 is 0 Å². The molecular weight excluding hydrogens is 258 g/mol. The summed E-state index contributed by atoms with van der Waals surface area (Å²) in [4.78, 5) is 11.6. The number of hydrogen-bond acceptors (Lipinski definition) is 4. The third-order valence-corrected chi connectivity index (χ3v) is 3.38. The van der Waals surface area contributed by atoms with Crippen LogP contribution in [-0.2, 0) is 10.3 Å². The van der Waals surface area contributed by atoms with E-state index < -0.39 is 17.1 Å². The number of fused-ring (bicyclic) bond motifs is 1. The van der Waals surface area contributed by atoms with E-state index in [0.717, 1.165) is 6.42 Å². The molecule has 110 valence electrons. The van der Waals surface area contributed by atoms with Crippen LogP contribution in [0, 0.1) is 0 Å². The molecule has 5 nitrogen and oxygen atoms in total. The van der Waals surface area contributed by atoms with Gasteiger partial charge in [0.25, 0.3) is 0 Å². The van der Waals surface area contributed by atoms with Crippen molar-refractivity contribution in [3.05, 3.63) is 23.8 Å². The molecule has 0 aromatic heterocycles. The van der Waals surface area contributed by atoms with Crippen molar-refractivity contribution >= 4 is 5.97 Å². The fourth-order valence-corrected chi connectivity index (χ4v) is 2.55. The highest BCUT2D eigenvalue weighted by Crippen LogP contribution is 2.43. The van der Waals surface area contributed by atoms with Gasteiger partial charge in [-0.25, -0.2) is 4.79 Å². The zero-order valence-electron chi connectivity index (χ0n) is 12.1. The monoisotopic (exact) mass is 279 g/mol. The molecule has 0 saturated carbocycles. The second-order valence-corrected chi connectivity index (χ2v) is 5.82. The van der Waals surface area contributed by atoms with E-state index in [-0.39, 0.29) is 6.42 Å². The predicted molar refractivity (Wildman–Crippen MR) is 75.1 cm³/mol. The summed E-state index contributed by atoms with van der Waals surface area (Å²) < 4.78 is 11.4. The van der Waals surface area contributed by atoms with Crippen molar-refractivity contribution in [1.29, 1.82) is 0 Å². The summed E-state index contributed by atoms with van der Waals surface area (Å²) >= 11 is 0. The van der Waals surface area contributed by atoms with E-state index in [1.54, 1.807) is 18.2 Å². The Bertz CT molecular complexity index is 527. The van der Waals surface area contributed by atoms with Gasteiger partial charge in [0.1, 0.15) is 22.6 Å². The van der Waals surface area contributed by atoms with E-state index in [9.17, 15) is 9.90 Å². The normalized spacial score (nSPS) is 23.6. The van der Waals surface area contributed by atoms with Crippen LogP contribution in [0.5, 0.6) is 11.5 Å². The number of rotatable bonds is 4. The smallest absolute Gasteiger partial charge is 0.328 e. The quantitative estimate of drug-likeness (QED) is 0.883. The number of ether oxygens (including phenoxy) is 2. The lowest BCUT2D eigenvalue weighted by molar-refractivity contribution is -0.147. The summed E-state index contributed by atoms with van der Waals surface area (Å²) in [6, 6.07) is 5.18. The lowest BCUT2D eigenvalue weighted by Crippen LogP contribution is -2.54. The topological polar surface area (TPSA) is 81.8 Å². The van der Waals surface area contributed by atoms with Gasteiger partial charge in [-0.05, 0) is 38.5 Å². The molecule has 3 N–H and O–H groups in total. The minimum atomic E-state index is -1.46. The lowest BCUT2D eigenvalue weighted by Gasteiger charge is -2.41. The molecule has 2 rings (SSSR count). The molecule has 1 aliphatic heterocycles. The number of carboxylic acid groups (broad SMARTS) is 1. The number of aliphatic carboxylic acids is 1. The summed E-state index contributed by atoms with van der Waals surface area (Å²) in [5.41, 5.74) is 4.55. The Morgan fingerprint density at radius 3 is 2.80 bits per heavy atom. The van der Waals surface area contributed by atoms with Crippen LogP contribution in [0.3, 0.4) is 0 Å². The molecule has 1 heterocycles. The summed E-state index contributed by atoms with van der Waals surface area (Å²) in [6.07, 6.45) is 1.09. The fraction of sp³-hybridized carbons (Fsp3) is 0.533. The Morgan fingerprint density at radius 1 is 1.50 bits per heavy atom. The molecule has 0 bridgehead atoms. The SMILES string of the molecule is CCCOc1ccc2c(c1)C(N)(C(=O)O)CC(C)(C)O2. The summed E-state index contributed by atoms with van der Waals surface area (Å²) in [6.45, 7) is 6.26. The molecule has 0 spiro atoms. The Hall–Kier alpha value is -1.75. The number of benzene rings is 1. The Labute approximate surface area is 118 Å². The van der Waals surface area contributed by atoms with Gasteiger partial charge >= 0.3 is 5.97 Å². The largest absolute Gasteiger partial charge is 0.494 e. The molecule has 1 aromatic carbocycles. The van der Waals surface area contributed by atoms with E-state index in [0.29, 0.717) is 23.7 Å². The summed E-state index contributed by atoms with van der Waals surface area (Å²) in [5.74, 6) is 0.0720. The van der Waals surface area contributed by atoms with Crippen LogP contribution in [0.25, 0.3) is 0 Å². The predicted octanol–water partition coefficient (Wildman–Crippen LogP) is 2.28. The van der Waals surface area contributed by atoms with Gasteiger partial charge in [0.15, 0.2) is 0 Å². The molecule has 0 radical (unpaired) electrons. The minimum Gasteiger partial charge on any atom is -0.494 e. The van der Waals surface area contributed by atoms with Crippen LogP contribution in [-0.4, -0.2) is 23.3 Å². The first-order chi connectivity index (χ1) is 9.28. The average Bonchev–Trinajstić information content (AvgIpc) is 2.35. The minimum absolute atomic E-state index is 0.208. The van der Waals surface area contributed by atoms with E-state index >= 15 is 0 Å². The molecule has 1 unspecified atom stereocenters. The molecule has 0 fully saturated rings. The summed E-state index contributed by atoms with van der Waals surface area (Å²) in [7, 11) is 0. The second-order valence-electron chi connectivity index (χ2n) is 5.82. The van der Waals surface area contributed by atoms with Crippen molar-refractivity contribution < 1.29 is 19.4 Å². The van der Waals surface area contributed by atoms with E-state index in [2.05, 4.69) is 0 Å². The molecule has 1 atom stereocenters. The van der Waals surface area contributed by atoms with Gasteiger partial charge in [0.05, 0.1) is 6.61 Å². The van der Waals surface area contributed by atoms with Gasteiger partial charge in [0.2, 0.25) is 0 Å². The second kappa shape index (κ2) is 4.98. The van der Waals surface area contributed by atoms with Gasteiger partial charge in [-0.15, -0.1) is 0 Å². The van der Waals surface area contributed by atoms with Crippen molar-refractivity contribution in [2.45, 2.75) is 44.8 Å². The van der Waals surface area contributed by atoms with Crippen LogP contribution in [0.2, 0.25) is 0 Å². The molecule has 1 aromatic rings. The first-order valence-electron chi connectivity index (χ1n) is 6.77. The maximum atomic E-state index is 11.6. The highest BCUT2D eigenvalue weighted by atomic mass is 16.5. The average molecular weight is 279 g/mol. The van der Waals surface area contributed by atoms with Crippen molar-refractivity contribution in [3.8, 4) is 11.5 Å². The third kappa shape index (κ3) is 2.58. The first kappa shape index (κ1) is 14.7. The third-order valence-electron chi connectivity index (χ3n) is 3.38. The van der Waals surface area contributed by atoms with Gasteiger partial charge in [-0.3, -0.25) is 0 Å². The lowest BCUT2D eigenvalue weighted by atomic mass is 9.78. The van der Waals surface area contributed by atoms with Gasteiger partial charge in [-0.1, -0.05) is 6.92 Å².